The molecule has 0 aromatic carbocycles. The monoisotopic (exact) mass is 464 g/mol. The van der Waals surface area contributed by atoms with Crippen LogP contribution in [0.15, 0.2) is 0 Å². The summed E-state index contributed by atoms with van der Waals surface area (Å²) in [4.78, 5) is 22.3. The average molecular weight is 465 g/mol. The molecule has 32 heavy (non-hydrogen) atoms. The molecule has 0 aliphatic heterocycles. The first-order valence-corrected chi connectivity index (χ1v) is 12.1. The number of carbonyl (C=O) groups is 2. The normalized spacial score (nSPS) is 12.5. The molecule has 1 unspecified atom stereocenters. The summed E-state index contributed by atoms with van der Waals surface area (Å²) in [6.45, 7) is -0.466. The zero-order valence-corrected chi connectivity index (χ0v) is 19.4. The molecule has 0 aromatic heterocycles. The molecule has 0 spiro atoms. The van der Waals surface area contributed by atoms with Crippen molar-refractivity contribution in [1.29, 1.82) is 0 Å². The molecule has 5 N–H and O–H groups in total. The molecule has 0 saturated carbocycles. The molecule has 0 bridgehead atoms. The molecular weight excluding hydrogens is 420 g/mol. The van der Waals surface area contributed by atoms with Crippen molar-refractivity contribution in [1.82, 2.24) is 0 Å². The molecular formula is C23H44O9. The van der Waals surface area contributed by atoms with Crippen molar-refractivity contribution in [2.75, 3.05) is 19.8 Å². The highest BCUT2D eigenvalue weighted by molar-refractivity contribution is 5.75. The number of aliphatic hydroxyl groups is 5. The summed E-state index contributed by atoms with van der Waals surface area (Å²) in [5.74, 6) is -5.15. The van der Waals surface area contributed by atoms with E-state index in [0.29, 0.717) is 12.8 Å². The Morgan fingerprint density at radius 2 is 1.06 bits per heavy atom. The second kappa shape index (κ2) is 20.4. The first kappa shape index (κ1) is 30.7. The summed E-state index contributed by atoms with van der Waals surface area (Å²) in [6.07, 6.45) is 15.8. The maximum Gasteiger partial charge on any atom is 0.397 e. The van der Waals surface area contributed by atoms with Crippen molar-refractivity contribution in [2.45, 2.75) is 115 Å². The average Bonchev–Trinajstić information content (AvgIpc) is 2.75. The minimum atomic E-state index is -3.40. The Hall–Kier alpha value is -1.26. The van der Waals surface area contributed by atoms with Crippen LogP contribution in [0.5, 0.6) is 0 Å². The fraction of sp³-hybridized carbons (Fsp3) is 0.913. The van der Waals surface area contributed by atoms with Crippen LogP contribution in [0.2, 0.25) is 0 Å². The number of rotatable bonds is 22. The van der Waals surface area contributed by atoms with Crippen molar-refractivity contribution in [3.8, 4) is 0 Å². The maximum atomic E-state index is 11.4. The van der Waals surface area contributed by atoms with Gasteiger partial charge in [-0.1, -0.05) is 83.5 Å². The molecule has 1 atom stereocenters. The zero-order valence-electron chi connectivity index (χ0n) is 19.4. The van der Waals surface area contributed by atoms with Crippen LogP contribution in [-0.4, -0.2) is 69.4 Å². The summed E-state index contributed by atoms with van der Waals surface area (Å²) in [7, 11) is 0. The molecule has 0 radical (unpaired) electrons. The number of hydrogen-bond acceptors (Lipinski definition) is 9. The van der Waals surface area contributed by atoms with E-state index in [-0.39, 0.29) is 19.2 Å². The van der Waals surface area contributed by atoms with Crippen molar-refractivity contribution >= 4 is 11.9 Å². The van der Waals surface area contributed by atoms with Gasteiger partial charge < -0.3 is 35.0 Å². The van der Waals surface area contributed by atoms with Gasteiger partial charge in [0.05, 0.1) is 13.2 Å². The van der Waals surface area contributed by atoms with Crippen molar-refractivity contribution in [3.63, 3.8) is 0 Å². The Bertz CT molecular complexity index is 463. The van der Waals surface area contributed by atoms with Crippen molar-refractivity contribution in [2.24, 2.45) is 0 Å². The molecule has 0 amide bonds. The van der Waals surface area contributed by atoms with Gasteiger partial charge in [-0.3, -0.25) is 4.79 Å². The second-order valence-corrected chi connectivity index (χ2v) is 8.34. The lowest BCUT2D eigenvalue weighted by Gasteiger charge is -2.12. The molecule has 0 saturated heterocycles. The first-order valence-electron chi connectivity index (χ1n) is 12.1. The number of aliphatic hydroxyl groups excluding tert-OH is 2. The predicted octanol–water partition coefficient (Wildman–Crippen LogP) is 2.30. The van der Waals surface area contributed by atoms with Gasteiger partial charge in [0.15, 0.2) is 0 Å². The smallest absolute Gasteiger partial charge is 0.397 e. The molecule has 0 fully saturated rings. The Morgan fingerprint density at radius 3 is 1.47 bits per heavy atom. The topological polar surface area (TPSA) is 154 Å². The largest absolute Gasteiger partial charge is 0.463 e. The highest BCUT2D eigenvalue weighted by atomic mass is 16.7. The van der Waals surface area contributed by atoms with E-state index in [4.69, 9.17) is 30.3 Å². The number of carbonyl (C=O) groups excluding carboxylic acids is 2. The van der Waals surface area contributed by atoms with Crippen LogP contribution in [0.1, 0.15) is 103 Å². The Labute approximate surface area is 191 Å². The summed E-state index contributed by atoms with van der Waals surface area (Å²) >= 11 is 0. The van der Waals surface area contributed by atoms with Crippen LogP contribution in [-0.2, 0) is 19.1 Å². The van der Waals surface area contributed by atoms with Crippen LogP contribution >= 0.6 is 0 Å². The lowest BCUT2D eigenvalue weighted by molar-refractivity contribution is -0.303. The molecule has 0 aliphatic carbocycles. The minimum absolute atomic E-state index is 0.0746. The number of unbranched alkanes of at least 4 members (excludes halogenated alkanes) is 14. The van der Waals surface area contributed by atoms with E-state index in [1.54, 1.807) is 0 Å². The van der Waals surface area contributed by atoms with Crippen LogP contribution in [0.25, 0.3) is 0 Å². The summed E-state index contributed by atoms with van der Waals surface area (Å²) in [6, 6.07) is 0. The van der Waals surface area contributed by atoms with E-state index in [2.05, 4.69) is 4.74 Å². The van der Waals surface area contributed by atoms with Gasteiger partial charge in [-0.2, -0.15) is 0 Å². The standard InChI is InChI=1S/C23H44O9/c24-18-20(25)19-32-21(26)16-14-12-10-8-6-4-2-1-3-5-7-9-11-13-15-17-31-22(27)23(28,29)30/h20,24-25,28-30H,1-19H2. The molecule has 0 heterocycles. The molecule has 190 valence electrons. The molecule has 0 aliphatic rings. The van der Waals surface area contributed by atoms with Crippen LogP contribution in [0.3, 0.4) is 0 Å². The fourth-order valence-corrected chi connectivity index (χ4v) is 3.25. The highest BCUT2D eigenvalue weighted by Crippen LogP contribution is 2.14. The van der Waals surface area contributed by atoms with E-state index < -0.39 is 24.7 Å². The van der Waals surface area contributed by atoms with Crippen molar-refractivity contribution < 1.29 is 44.6 Å². The summed E-state index contributed by atoms with van der Waals surface area (Å²) in [5.41, 5.74) is 0. The molecule has 0 rings (SSSR count). The predicted molar refractivity (Wildman–Crippen MR) is 118 cm³/mol. The fourth-order valence-electron chi connectivity index (χ4n) is 3.25. The third-order valence-electron chi connectivity index (χ3n) is 5.18. The molecule has 9 heteroatoms. The van der Waals surface area contributed by atoms with Gasteiger partial charge in [-0.15, -0.1) is 0 Å². The van der Waals surface area contributed by atoms with Crippen molar-refractivity contribution in [3.05, 3.63) is 0 Å². The van der Waals surface area contributed by atoms with Crippen LogP contribution < -0.4 is 0 Å². The van der Waals surface area contributed by atoms with Crippen LogP contribution in [0, 0.1) is 0 Å². The quantitative estimate of drug-likeness (QED) is 0.0922. The first-order chi connectivity index (χ1) is 15.3. The highest BCUT2D eigenvalue weighted by Gasteiger charge is 2.31. The van der Waals surface area contributed by atoms with E-state index in [1.165, 1.54) is 51.4 Å². The lowest BCUT2D eigenvalue weighted by atomic mass is 10.0. The van der Waals surface area contributed by atoms with Gasteiger partial charge in [0.1, 0.15) is 12.7 Å². The molecule has 9 nitrogen and oxygen atoms in total. The van der Waals surface area contributed by atoms with E-state index in [1.807, 2.05) is 0 Å². The van der Waals surface area contributed by atoms with Gasteiger partial charge in [0, 0.05) is 6.42 Å². The summed E-state index contributed by atoms with van der Waals surface area (Å²) in [5, 5.41) is 43.5. The lowest BCUT2D eigenvalue weighted by Crippen LogP contribution is -2.39. The van der Waals surface area contributed by atoms with Gasteiger partial charge >= 0.3 is 17.9 Å². The van der Waals surface area contributed by atoms with E-state index >= 15 is 0 Å². The Balaban J connectivity index is 3.21. The van der Waals surface area contributed by atoms with Gasteiger partial charge in [-0.25, -0.2) is 4.79 Å². The zero-order chi connectivity index (χ0) is 24.1. The van der Waals surface area contributed by atoms with Crippen LogP contribution in [0.4, 0.5) is 0 Å². The number of hydrogen-bond donors (Lipinski definition) is 5. The number of ether oxygens (including phenoxy) is 2. The third-order valence-corrected chi connectivity index (χ3v) is 5.18. The van der Waals surface area contributed by atoms with Gasteiger partial charge in [0.25, 0.3) is 0 Å². The second-order valence-electron chi connectivity index (χ2n) is 8.34. The third kappa shape index (κ3) is 20.6. The Kier molecular flexibility index (Phi) is 19.6. The minimum Gasteiger partial charge on any atom is -0.463 e. The molecule has 0 aromatic rings. The van der Waals surface area contributed by atoms with E-state index in [9.17, 15) is 9.59 Å². The van der Waals surface area contributed by atoms with Gasteiger partial charge in [-0.05, 0) is 12.8 Å². The maximum absolute atomic E-state index is 11.4. The van der Waals surface area contributed by atoms with Gasteiger partial charge in [0.2, 0.25) is 0 Å². The SMILES string of the molecule is O=C(CCCCCCCCCCCCCCCCCOC(=O)C(O)(O)O)OCC(O)CO. The Morgan fingerprint density at radius 1 is 0.656 bits per heavy atom. The number of esters is 2. The summed E-state index contributed by atoms with van der Waals surface area (Å²) < 4.78 is 9.39. The van der Waals surface area contributed by atoms with E-state index in [0.717, 1.165) is 38.5 Å².